The molecule has 0 unspecified atom stereocenters. The molecule has 68 valence electrons. The van der Waals surface area contributed by atoms with Crippen molar-refractivity contribution >= 4 is 11.7 Å². The van der Waals surface area contributed by atoms with Crippen molar-refractivity contribution in [2.75, 3.05) is 19.2 Å². The summed E-state index contributed by atoms with van der Waals surface area (Å²) < 4.78 is 9.86. The van der Waals surface area contributed by atoms with Gasteiger partial charge in [-0.15, -0.1) is 0 Å². The van der Waals surface area contributed by atoms with Crippen LogP contribution < -0.4 is 10.1 Å². The highest BCUT2D eigenvalue weighted by molar-refractivity contribution is 5.95. The van der Waals surface area contributed by atoms with Gasteiger partial charge in [0.2, 0.25) is 0 Å². The second-order valence-corrected chi connectivity index (χ2v) is 2.64. The molecule has 1 aromatic rings. The molecule has 0 saturated heterocycles. The van der Waals surface area contributed by atoms with E-state index < -0.39 is 0 Å². The van der Waals surface area contributed by atoms with E-state index >= 15 is 0 Å². The van der Waals surface area contributed by atoms with Gasteiger partial charge in [0, 0.05) is 0 Å². The monoisotopic (exact) mass is 179 g/mol. The molecule has 0 aliphatic carbocycles. The molecule has 1 N–H and O–H groups in total. The van der Waals surface area contributed by atoms with Crippen LogP contribution >= 0.6 is 0 Å². The van der Waals surface area contributed by atoms with Gasteiger partial charge in [-0.2, -0.15) is 0 Å². The standard InChI is InChI=1S/C9H9NO3/c1-12-9(11)6-3-2-4-7-8(6)13-5-10-7/h2-4,10H,5H2,1H3. The molecular formula is C9H9NO3. The van der Waals surface area contributed by atoms with Crippen molar-refractivity contribution in [3.05, 3.63) is 23.8 Å². The molecule has 0 saturated carbocycles. The van der Waals surface area contributed by atoms with Crippen molar-refractivity contribution in [1.29, 1.82) is 0 Å². The number of fused-ring (bicyclic) bond motifs is 1. The van der Waals surface area contributed by atoms with Gasteiger partial charge < -0.3 is 14.8 Å². The third-order valence-corrected chi connectivity index (χ3v) is 1.90. The molecule has 0 aromatic heterocycles. The molecule has 0 radical (unpaired) electrons. The zero-order valence-corrected chi connectivity index (χ0v) is 7.16. The van der Waals surface area contributed by atoms with Crippen LogP contribution in [0.3, 0.4) is 0 Å². The summed E-state index contributed by atoms with van der Waals surface area (Å²) >= 11 is 0. The van der Waals surface area contributed by atoms with Crippen LogP contribution in [0.4, 0.5) is 5.69 Å². The van der Waals surface area contributed by atoms with E-state index in [-0.39, 0.29) is 5.97 Å². The van der Waals surface area contributed by atoms with Gasteiger partial charge in [0.05, 0.1) is 12.8 Å². The number of hydrogen-bond acceptors (Lipinski definition) is 4. The van der Waals surface area contributed by atoms with Crippen molar-refractivity contribution in [3.8, 4) is 5.75 Å². The third kappa shape index (κ3) is 1.20. The quantitative estimate of drug-likeness (QED) is 0.659. The minimum absolute atomic E-state index is 0.374. The Morgan fingerprint density at radius 3 is 3.23 bits per heavy atom. The van der Waals surface area contributed by atoms with Gasteiger partial charge in [-0.3, -0.25) is 0 Å². The number of nitrogens with one attached hydrogen (secondary N) is 1. The molecule has 1 aliphatic rings. The van der Waals surface area contributed by atoms with E-state index in [2.05, 4.69) is 10.1 Å². The number of methoxy groups -OCH3 is 1. The Kier molecular flexibility index (Phi) is 1.81. The lowest BCUT2D eigenvalue weighted by atomic mass is 10.2. The lowest BCUT2D eigenvalue weighted by Gasteiger charge is -2.03. The topological polar surface area (TPSA) is 47.6 Å². The predicted molar refractivity (Wildman–Crippen MR) is 46.9 cm³/mol. The third-order valence-electron chi connectivity index (χ3n) is 1.90. The first-order valence-corrected chi connectivity index (χ1v) is 3.91. The van der Waals surface area contributed by atoms with E-state index in [1.165, 1.54) is 7.11 Å². The fraction of sp³-hybridized carbons (Fsp3) is 0.222. The Morgan fingerprint density at radius 2 is 2.46 bits per heavy atom. The second-order valence-electron chi connectivity index (χ2n) is 2.64. The van der Waals surface area contributed by atoms with Crippen molar-refractivity contribution < 1.29 is 14.3 Å². The van der Waals surface area contributed by atoms with E-state index in [1.54, 1.807) is 12.1 Å². The average Bonchev–Trinajstić information content (AvgIpc) is 2.63. The first kappa shape index (κ1) is 7.91. The van der Waals surface area contributed by atoms with Gasteiger partial charge in [-0.25, -0.2) is 4.79 Å². The zero-order chi connectivity index (χ0) is 9.26. The van der Waals surface area contributed by atoms with E-state index in [0.717, 1.165) is 5.69 Å². The molecule has 0 bridgehead atoms. The summed E-state index contributed by atoms with van der Waals surface area (Å²) in [7, 11) is 1.35. The first-order valence-electron chi connectivity index (χ1n) is 3.91. The summed E-state index contributed by atoms with van der Waals surface area (Å²) in [5.41, 5.74) is 1.30. The predicted octanol–water partition coefficient (Wildman–Crippen LogP) is 1.23. The Morgan fingerprint density at radius 1 is 1.62 bits per heavy atom. The molecule has 2 rings (SSSR count). The molecule has 13 heavy (non-hydrogen) atoms. The summed E-state index contributed by atoms with van der Waals surface area (Å²) in [6, 6.07) is 5.32. The van der Waals surface area contributed by atoms with Crippen molar-refractivity contribution in [2.45, 2.75) is 0 Å². The van der Waals surface area contributed by atoms with Gasteiger partial charge in [0.1, 0.15) is 5.56 Å². The van der Waals surface area contributed by atoms with Crippen molar-refractivity contribution in [3.63, 3.8) is 0 Å². The van der Waals surface area contributed by atoms with Gasteiger partial charge in [0.15, 0.2) is 12.5 Å². The number of hydrogen-bond donors (Lipinski definition) is 1. The SMILES string of the molecule is COC(=O)c1cccc2c1OCN2. The first-order chi connectivity index (χ1) is 6.33. The van der Waals surface area contributed by atoms with Crippen LogP contribution in [0.5, 0.6) is 5.75 Å². The highest BCUT2D eigenvalue weighted by atomic mass is 16.5. The number of carbonyl (C=O) groups excluding carboxylic acids is 1. The summed E-state index contributed by atoms with van der Waals surface area (Å²) in [5, 5.41) is 2.99. The van der Waals surface area contributed by atoms with Crippen LogP contribution in [-0.2, 0) is 4.74 Å². The Balaban J connectivity index is 2.47. The number of esters is 1. The van der Waals surface area contributed by atoms with Crippen LogP contribution in [0.2, 0.25) is 0 Å². The lowest BCUT2D eigenvalue weighted by Crippen LogP contribution is -2.03. The maximum atomic E-state index is 11.2. The molecule has 1 aliphatic heterocycles. The van der Waals surface area contributed by atoms with Crippen LogP contribution in [0.15, 0.2) is 18.2 Å². The normalized spacial score (nSPS) is 12.7. The molecule has 0 amide bonds. The van der Waals surface area contributed by atoms with Crippen molar-refractivity contribution in [1.82, 2.24) is 0 Å². The number of carbonyl (C=O) groups is 1. The zero-order valence-electron chi connectivity index (χ0n) is 7.16. The largest absolute Gasteiger partial charge is 0.470 e. The van der Waals surface area contributed by atoms with Gasteiger partial charge in [-0.1, -0.05) is 6.07 Å². The fourth-order valence-corrected chi connectivity index (χ4v) is 1.29. The molecule has 0 fully saturated rings. The van der Waals surface area contributed by atoms with E-state index in [1.807, 2.05) is 6.07 Å². The Hall–Kier alpha value is -1.71. The smallest absolute Gasteiger partial charge is 0.341 e. The van der Waals surface area contributed by atoms with Crippen LogP contribution in [0.25, 0.3) is 0 Å². The van der Waals surface area contributed by atoms with Crippen molar-refractivity contribution in [2.24, 2.45) is 0 Å². The molecular weight excluding hydrogens is 170 g/mol. The van der Waals surface area contributed by atoms with Gasteiger partial charge in [-0.05, 0) is 12.1 Å². The average molecular weight is 179 g/mol. The summed E-state index contributed by atoms with van der Waals surface area (Å²) in [6.07, 6.45) is 0. The second kappa shape index (κ2) is 2.97. The van der Waals surface area contributed by atoms with E-state index in [4.69, 9.17) is 4.74 Å². The highest BCUT2D eigenvalue weighted by Gasteiger charge is 2.20. The molecule has 0 spiro atoms. The number of anilines is 1. The summed E-state index contributed by atoms with van der Waals surface area (Å²) in [6.45, 7) is 0.406. The Bertz CT molecular complexity index is 349. The molecule has 0 atom stereocenters. The van der Waals surface area contributed by atoms with Gasteiger partial charge >= 0.3 is 5.97 Å². The minimum atomic E-state index is -0.374. The summed E-state index contributed by atoms with van der Waals surface area (Å²) in [4.78, 5) is 11.2. The maximum Gasteiger partial charge on any atom is 0.341 e. The van der Waals surface area contributed by atoms with Crippen LogP contribution in [0.1, 0.15) is 10.4 Å². The molecule has 1 aromatic carbocycles. The molecule has 4 heteroatoms. The highest BCUT2D eigenvalue weighted by Crippen LogP contribution is 2.32. The van der Waals surface area contributed by atoms with Crippen LogP contribution in [0, 0.1) is 0 Å². The minimum Gasteiger partial charge on any atom is -0.470 e. The van der Waals surface area contributed by atoms with Gasteiger partial charge in [0.25, 0.3) is 0 Å². The van der Waals surface area contributed by atoms with E-state index in [0.29, 0.717) is 18.0 Å². The van der Waals surface area contributed by atoms with Crippen LogP contribution in [-0.4, -0.2) is 19.8 Å². The number of rotatable bonds is 1. The lowest BCUT2D eigenvalue weighted by molar-refractivity contribution is 0.0597. The Labute approximate surface area is 75.5 Å². The van der Waals surface area contributed by atoms with E-state index in [9.17, 15) is 4.79 Å². The fourth-order valence-electron chi connectivity index (χ4n) is 1.29. The summed E-state index contributed by atoms with van der Waals surface area (Å²) in [5.74, 6) is 0.204. The number of ether oxygens (including phenoxy) is 2. The molecule has 1 heterocycles. The number of para-hydroxylation sites is 1. The maximum absolute atomic E-state index is 11.2. The number of benzene rings is 1. The molecule has 4 nitrogen and oxygen atoms in total.